The number of rotatable bonds is 6. The van der Waals surface area contributed by atoms with Crippen molar-refractivity contribution < 1.29 is 24.2 Å². The Bertz CT molecular complexity index is 194. The lowest BCUT2D eigenvalue weighted by Gasteiger charge is -2.13. The first-order valence-electron chi connectivity index (χ1n) is 4.26. The Hall–Kier alpha value is -1.30. The molecule has 0 radical (unpaired) electrons. The summed E-state index contributed by atoms with van der Waals surface area (Å²) in [5, 5.41) is 10.9. The molecule has 14 heavy (non-hydrogen) atoms. The van der Waals surface area contributed by atoms with Crippen molar-refractivity contribution in [1.82, 2.24) is 5.32 Å². The van der Waals surface area contributed by atoms with E-state index in [2.05, 4.69) is 10.1 Å². The van der Waals surface area contributed by atoms with Crippen molar-refractivity contribution in [3.63, 3.8) is 0 Å². The van der Waals surface area contributed by atoms with Gasteiger partial charge < -0.3 is 19.9 Å². The van der Waals surface area contributed by atoms with Crippen LogP contribution in [0.25, 0.3) is 0 Å². The van der Waals surface area contributed by atoms with Gasteiger partial charge in [-0.3, -0.25) is 0 Å². The third-order valence-corrected chi connectivity index (χ3v) is 1.48. The van der Waals surface area contributed by atoms with Gasteiger partial charge in [-0.15, -0.1) is 0 Å². The monoisotopic (exact) mass is 205 g/mol. The Labute approximate surface area is 82.2 Å². The summed E-state index contributed by atoms with van der Waals surface area (Å²) >= 11 is 0. The molecule has 0 aliphatic carbocycles. The van der Waals surface area contributed by atoms with Gasteiger partial charge in [-0.25, -0.2) is 9.59 Å². The molecule has 0 heterocycles. The smallest absolute Gasteiger partial charge is 0.407 e. The van der Waals surface area contributed by atoms with Crippen molar-refractivity contribution in [2.24, 2.45) is 0 Å². The number of ether oxygens (including phenoxy) is 2. The number of aliphatic carboxylic acids is 1. The van der Waals surface area contributed by atoms with E-state index in [9.17, 15) is 9.59 Å². The Morgan fingerprint density at radius 1 is 1.50 bits per heavy atom. The fourth-order valence-corrected chi connectivity index (χ4v) is 0.808. The van der Waals surface area contributed by atoms with Gasteiger partial charge in [-0.2, -0.15) is 0 Å². The summed E-state index contributed by atoms with van der Waals surface area (Å²) in [5.74, 6) is -1.10. The number of hydrogen-bond donors (Lipinski definition) is 2. The van der Waals surface area contributed by atoms with Crippen LogP contribution in [-0.2, 0) is 14.3 Å². The molecule has 0 saturated carbocycles. The van der Waals surface area contributed by atoms with E-state index in [1.807, 2.05) is 0 Å². The van der Waals surface area contributed by atoms with Crippen LogP contribution in [0.4, 0.5) is 4.79 Å². The van der Waals surface area contributed by atoms with Crippen molar-refractivity contribution >= 4 is 12.1 Å². The molecule has 0 rings (SSSR count). The van der Waals surface area contributed by atoms with Crippen LogP contribution in [0.2, 0.25) is 0 Å². The third-order valence-electron chi connectivity index (χ3n) is 1.48. The van der Waals surface area contributed by atoms with E-state index in [-0.39, 0.29) is 19.6 Å². The number of carbonyl (C=O) groups is 2. The number of amides is 1. The van der Waals surface area contributed by atoms with Gasteiger partial charge >= 0.3 is 12.1 Å². The van der Waals surface area contributed by atoms with Gasteiger partial charge in [0.25, 0.3) is 0 Å². The van der Waals surface area contributed by atoms with E-state index in [0.717, 1.165) is 0 Å². The molecular weight excluding hydrogens is 190 g/mol. The number of hydrogen-bond acceptors (Lipinski definition) is 4. The maximum Gasteiger partial charge on any atom is 0.407 e. The Kier molecular flexibility index (Phi) is 6.47. The minimum Gasteiger partial charge on any atom is -0.480 e. The van der Waals surface area contributed by atoms with E-state index < -0.39 is 18.1 Å². The zero-order chi connectivity index (χ0) is 11.0. The zero-order valence-corrected chi connectivity index (χ0v) is 8.28. The average molecular weight is 205 g/mol. The summed E-state index contributed by atoms with van der Waals surface area (Å²) in [4.78, 5) is 21.5. The van der Waals surface area contributed by atoms with Crippen LogP contribution in [0.15, 0.2) is 0 Å². The molecule has 6 nitrogen and oxygen atoms in total. The van der Waals surface area contributed by atoms with Crippen LogP contribution in [0, 0.1) is 0 Å². The SMILES string of the molecule is CCOC(=O)NC(CCOC)C(=O)O. The molecule has 6 heteroatoms. The zero-order valence-electron chi connectivity index (χ0n) is 8.28. The van der Waals surface area contributed by atoms with Crippen LogP contribution in [-0.4, -0.2) is 43.5 Å². The normalized spacial score (nSPS) is 11.9. The summed E-state index contributed by atoms with van der Waals surface area (Å²) in [5.41, 5.74) is 0. The van der Waals surface area contributed by atoms with Crippen LogP contribution < -0.4 is 5.32 Å². The lowest BCUT2D eigenvalue weighted by Crippen LogP contribution is -2.41. The number of carboxylic acids is 1. The Morgan fingerprint density at radius 2 is 2.14 bits per heavy atom. The van der Waals surface area contributed by atoms with Crippen molar-refractivity contribution in [3.05, 3.63) is 0 Å². The lowest BCUT2D eigenvalue weighted by molar-refractivity contribution is -0.139. The first-order chi connectivity index (χ1) is 6.61. The quantitative estimate of drug-likeness (QED) is 0.648. The second-order valence-corrected chi connectivity index (χ2v) is 2.54. The van der Waals surface area contributed by atoms with Gasteiger partial charge in [-0.05, 0) is 6.92 Å². The van der Waals surface area contributed by atoms with Gasteiger partial charge in [0.2, 0.25) is 0 Å². The molecule has 1 amide bonds. The van der Waals surface area contributed by atoms with Crippen molar-refractivity contribution in [2.75, 3.05) is 20.3 Å². The van der Waals surface area contributed by atoms with Gasteiger partial charge in [0.15, 0.2) is 0 Å². The fraction of sp³-hybridized carbons (Fsp3) is 0.750. The molecule has 82 valence electrons. The third kappa shape index (κ3) is 5.36. The minimum atomic E-state index is -1.10. The van der Waals surface area contributed by atoms with Crippen LogP contribution in [0.5, 0.6) is 0 Å². The number of methoxy groups -OCH3 is 1. The number of carboxylic acid groups (broad SMARTS) is 1. The predicted molar refractivity (Wildman–Crippen MR) is 48.1 cm³/mol. The summed E-state index contributed by atoms with van der Waals surface area (Å²) in [7, 11) is 1.46. The molecule has 0 fully saturated rings. The topological polar surface area (TPSA) is 84.9 Å². The highest BCUT2D eigenvalue weighted by atomic mass is 16.5. The summed E-state index contributed by atoms with van der Waals surface area (Å²) in [6, 6.07) is -0.964. The fourth-order valence-electron chi connectivity index (χ4n) is 0.808. The molecule has 0 bridgehead atoms. The first kappa shape index (κ1) is 12.7. The predicted octanol–water partition coefficient (Wildman–Crippen LogP) is 0.222. The number of carbonyl (C=O) groups excluding carboxylic acids is 1. The molecule has 1 unspecified atom stereocenters. The van der Waals surface area contributed by atoms with Gasteiger partial charge in [0.1, 0.15) is 6.04 Å². The second kappa shape index (κ2) is 7.14. The first-order valence-corrected chi connectivity index (χ1v) is 4.26. The number of alkyl carbamates (subject to hydrolysis) is 1. The molecular formula is C8H15NO5. The van der Waals surface area contributed by atoms with Crippen molar-refractivity contribution in [2.45, 2.75) is 19.4 Å². The van der Waals surface area contributed by atoms with E-state index in [1.54, 1.807) is 6.92 Å². The van der Waals surface area contributed by atoms with Crippen molar-refractivity contribution in [3.8, 4) is 0 Å². The average Bonchev–Trinajstić information content (AvgIpc) is 2.12. The maximum absolute atomic E-state index is 10.9. The molecule has 0 spiro atoms. The molecule has 0 saturated heterocycles. The Balaban J connectivity index is 3.95. The van der Waals surface area contributed by atoms with Gasteiger partial charge in [0.05, 0.1) is 6.61 Å². The summed E-state index contributed by atoms with van der Waals surface area (Å²) in [6.07, 6.45) is -0.513. The minimum absolute atomic E-state index is 0.211. The maximum atomic E-state index is 10.9. The van der Waals surface area contributed by atoms with E-state index in [4.69, 9.17) is 9.84 Å². The molecule has 1 atom stereocenters. The van der Waals surface area contributed by atoms with Crippen molar-refractivity contribution in [1.29, 1.82) is 0 Å². The highest BCUT2D eigenvalue weighted by Gasteiger charge is 2.19. The van der Waals surface area contributed by atoms with E-state index in [0.29, 0.717) is 0 Å². The molecule has 0 aliphatic rings. The Morgan fingerprint density at radius 3 is 2.57 bits per heavy atom. The molecule has 0 aromatic carbocycles. The van der Waals surface area contributed by atoms with Crippen LogP contribution in [0.3, 0.4) is 0 Å². The highest BCUT2D eigenvalue weighted by Crippen LogP contribution is 1.94. The molecule has 0 aromatic rings. The number of nitrogens with one attached hydrogen (secondary N) is 1. The van der Waals surface area contributed by atoms with Crippen LogP contribution >= 0.6 is 0 Å². The van der Waals surface area contributed by atoms with E-state index in [1.165, 1.54) is 7.11 Å². The summed E-state index contributed by atoms with van der Waals surface area (Å²) < 4.78 is 9.26. The highest BCUT2D eigenvalue weighted by molar-refractivity contribution is 5.79. The largest absolute Gasteiger partial charge is 0.480 e. The van der Waals surface area contributed by atoms with E-state index >= 15 is 0 Å². The molecule has 0 aliphatic heterocycles. The lowest BCUT2D eigenvalue weighted by atomic mass is 10.2. The summed E-state index contributed by atoms with van der Waals surface area (Å²) in [6.45, 7) is 2.12. The molecule has 2 N–H and O–H groups in total. The van der Waals surface area contributed by atoms with Crippen LogP contribution in [0.1, 0.15) is 13.3 Å². The molecule has 0 aromatic heterocycles. The van der Waals surface area contributed by atoms with Gasteiger partial charge in [-0.1, -0.05) is 0 Å². The second-order valence-electron chi connectivity index (χ2n) is 2.54. The van der Waals surface area contributed by atoms with Gasteiger partial charge in [0, 0.05) is 20.1 Å². The standard InChI is InChI=1S/C8H15NO5/c1-3-14-8(12)9-6(7(10)11)4-5-13-2/h6H,3-5H2,1-2H3,(H,9,12)(H,10,11).